The zero-order chi connectivity index (χ0) is 21.1. The summed E-state index contributed by atoms with van der Waals surface area (Å²) in [5.74, 6) is 1.21. The third-order valence-electron chi connectivity index (χ3n) is 6.61. The molecule has 3 aliphatic heterocycles. The van der Waals surface area contributed by atoms with E-state index in [0.717, 1.165) is 57.1 Å². The molecule has 10 heteroatoms. The number of rotatable bonds is 3. The van der Waals surface area contributed by atoms with Crippen LogP contribution in [0.1, 0.15) is 24.1 Å². The topological polar surface area (TPSA) is 70.6 Å². The predicted octanol–water partition coefficient (Wildman–Crippen LogP) is 1.82. The fourth-order valence-corrected chi connectivity index (χ4v) is 7.69. The first-order chi connectivity index (χ1) is 13.6. The van der Waals surface area contributed by atoms with Crippen LogP contribution >= 0.6 is 0 Å². The highest BCUT2D eigenvalue weighted by molar-refractivity contribution is 7.92. The molecular formula is C19H24F3N3O3S. The van der Waals surface area contributed by atoms with E-state index in [1.807, 2.05) is 6.79 Å². The van der Waals surface area contributed by atoms with E-state index in [1.165, 1.54) is 6.20 Å². The van der Waals surface area contributed by atoms with E-state index in [9.17, 15) is 21.6 Å². The van der Waals surface area contributed by atoms with Crippen LogP contribution in [0.2, 0.25) is 0 Å². The first-order valence-electron chi connectivity index (χ1n) is 9.57. The van der Waals surface area contributed by atoms with Crippen LogP contribution in [-0.2, 0) is 27.2 Å². The van der Waals surface area contributed by atoms with Crippen molar-refractivity contribution in [3.05, 3.63) is 29.6 Å². The Kier molecular flexibility index (Phi) is 4.83. The zero-order valence-corrected chi connectivity index (χ0v) is 16.8. The van der Waals surface area contributed by atoms with Gasteiger partial charge in [-0.25, -0.2) is 18.4 Å². The molecule has 0 aromatic carbocycles. The van der Waals surface area contributed by atoms with Gasteiger partial charge in [-0.05, 0) is 42.2 Å². The van der Waals surface area contributed by atoms with Gasteiger partial charge in [0.15, 0.2) is 9.84 Å². The summed E-state index contributed by atoms with van der Waals surface area (Å²) in [6.07, 6.45) is -0.0199. The van der Waals surface area contributed by atoms with Crippen LogP contribution in [0.15, 0.2) is 18.3 Å². The van der Waals surface area contributed by atoms with E-state index in [1.54, 1.807) is 6.07 Å². The number of carbonyl (C=O) groups is 1. The van der Waals surface area contributed by atoms with Crippen molar-refractivity contribution in [1.82, 2.24) is 15.0 Å². The van der Waals surface area contributed by atoms with Gasteiger partial charge in [-0.1, -0.05) is 6.07 Å². The number of halogens is 3. The predicted molar refractivity (Wildman–Crippen MR) is 99.5 cm³/mol. The van der Waals surface area contributed by atoms with Crippen molar-refractivity contribution in [1.29, 1.82) is 0 Å². The Balaban J connectivity index is 0.000000994. The van der Waals surface area contributed by atoms with Crippen molar-refractivity contribution in [2.45, 2.75) is 25.4 Å². The summed E-state index contributed by atoms with van der Waals surface area (Å²) >= 11 is 0. The molecule has 1 aliphatic carbocycles. The minimum atomic E-state index is -4.38. The van der Waals surface area contributed by atoms with Crippen molar-refractivity contribution >= 4 is 16.6 Å². The van der Waals surface area contributed by atoms with Crippen molar-refractivity contribution in [3.8, 4) is 0 Å². The van der Waals surface area contributed by atoms with Gasteiger partial charge >= 0.3 is 6.18 Å². The number of nitrogens with zero attached hydrogens (tertiary/aromatic N) is 3. The Morgan fingerprint density at radius 3 is 2.03 bits per heavy atom. The first kappa shape index (κ1) is 20.7. The molecule has 0 unspecified atom stereocenters. The van der Waals surface area contributed by atoms with Crippen LogP contribution in [0.25, 0.3) is 0 Å². The molecule has 1 aromatic heterocycles. The lowest BCUT2D eigenvalue weighted by Crippen LogP contribution is -2.77. The van der Waals surface area contributed by atoms with E-state index >= 15 is 0 Å². The summed E-state index contributed by atoms with van der Waals surface area (Å²) in [7, 11) is -2.76. The van der Waals surface area contributed by atoms with Crippen LogP contribution < -0.4 is 0 Å². The van der Waals surface area contributed by atoms with Crippen LogP contribution in [0.5, 0.6) is 0 Å². The maximum Gasteiger partial charge on any atom is 0.433 e. The molecule has 1 saturated carbocycles. The van der Waals surface area contributed by atoms with Gasteiger partial charge in [0.1, 0.15) is 12.5 Å². The highest BCUT2D eigenvalue weighted by Gasteiger charge is 2.61. The molecule has 0 N–H and O–H groups in total. The quantitative estimate of drug-likeness (QED) is 0.727. The van der Waals surface area contributed by atoms with Crippen LogP contribution in [0.3, 0.4) is 0 Å². The molecule has 2 spiro atoms. The molecule has 0 radical (unpaired) electrons. The summed E-state index contributed by atoms with van der Waals surface area (Å²) in [5.41, 5.74) is 0.421. The molecule has 1 aromatic rings. The Hall–Kier alpha value is -1.52. The molecule has 4 fully saturated rings. The van der Waals surface area contributed by atoms with Crippen molar-refractivity contribution in [2.24, 2.45) is 16.7 Å². The Morgan fingerprint density at radius 2 is 1.59 bits per heavy atom. The molecule has 3 saturated heterocycles. The Labute approximate surface area is 168 Å². The SMILES string of the molecule is C=O.O=S1(=O)CC2(CN(N3CC4(CC(Cc5ccc(C(F)(F)F)nc5)C4)C3)C2)C1. The number of sulfone groups is 1. The molecule has 29 heavy (non-hydrogen) atoms. The number of alkyl halides is 3. The summed E-state index contributed by atoms with van der Waals surface area (Å²) in [4.78, 5) is 11.5. The maximum absolute atomic E-state index is 12.6. The third kappa shape index (κ3) is 3.82. The summed E-state index contributed by atoms with van der Waals surface area (Å²) < 4.78 is 60.4. The van der Waals surface area contributed by atoms with Gasteiger partial charge in [0.25, 0.3) is 0 Å². The smallest absolute Gasteiger partial charge is 0.307 e. The van der Waals surface area contributed by atoms with E-state index < -0.39 is 21.7 Å². The van der Waals surface area contributed by atoms with E-state index in [2.05, 4.69) is 15.0 Å². The second-order valence-corrected chi connectivity index (χ2v) is 11.3. The number of pyridine rings is 1. The molecule has 4 aliphatic rings. The van der Waals surface area contributed by atoms with E-state index in [0.29, 0.717) is 22.8 Å². The fraction of sp³-hybridized carbons (Fsp3) is 0.684. The van der Waals surface area contributed by atoms with Crippen molar-refractivity contribution in [2.75, 3.05) is 37.7 Å². The van der Waals surface area contributed by atoms with Crippen LogP contribution in [-0.4, -0.2) is 67.9 Å². The van der Waals surface area contributed by atoms with Gasteiger partial charge in [-0.15, -0.1) is 0 Å². The van der Waals surface area contributed by atoms with Crippen LogP contribution in [0, 0.1) is 16.7 Å². The lowest BCUT2D eigenvalue weighted by molar-refractivity contribution is -0.242. The monoisotopic (exact) mass is 431 g/mol. The van der Waals surface area contributed by atoms with Gasteiger partial charge in [-0.2, -0.15) is 13.2 Å². The lowest BCUT2D eigenvalue weighted by atomic mass is 9.57. The number of aromatic nitrogens is 1. The first-order valence-corrected chi connectivity index (χ1v) is 11.4. The second kappa shape index (κ2) is 6.75. The Bertz CT molecular complexity index is 854. The van der Waals surface area contributed by atoms with Gasteiger partial charge in [0, 0.05) is 37.8 Å². The average Bonchev–Trinajstić information content (AvgIpc) is 2.53. The van der Waals surface area contributed by atoms with E-state index in [-0.39, 0.29) is 5.41 Å². The van der Waals surface area contributed by atoms with Gasteiger partial charge in [-0.3, -0.25) is 4.98 Å². The van der Waals surface area contributed by atoms with E-state index in [4.69, 9.17) is 4.79 Å². The van der Waals surface area contributed by atoms with Crippen LogP contribution in [0.4, 0.5) is 13.2 Å². The number of hydrazine groups is 1. The largest absolute Gasteiger partial charge is 0.433 e. The lowest BCUT2D eigenvalue weighted by Gasteiger charge is -2.67. The maximum atomic E-state index is 12.6. The van der Waals surface area contributed by atoms with Crippen molar-refractivity contribution < 1.29 is 26.4 Å². The average molecular weight is 431 g/mol. The van der Waals surface area contributed by atoms with Crippen molar-refractivity contribution in [3.63, 3.8) is 0 Å². The summed E-state index contributed by atoms with van der Waals surface area (Å²) in [6, 6.07) is 2.61. The second-order valence-electron chi connectivity index (χ2n) is 9.21. The minimum absolute atomic E-state index is 0.0271. The Morgan fingerprint density at radius 1 is 1.03 bits per heavy atom. The molecule has 0 bridgehead atoms. The zero-order valence-electron chi connectivity index (χ0n) is 16.0. The van der Waals surface area contributed by atoms with Gasteiger partial charge in [0.05, 0.1) is 11.5 Å². The standard InChI is InChI=1S/C18H22F3N3O2S.CH2O/c19-18(20,21)15-2-1-13(6-22-15)3-14-4-16(5-14)7-23(8-16)24-9-17(10-24)11-27(25,26)12-17;1-2/h1-2,6,14H,3-5,7-12H2;1H2. The number of hydrogen-bond acceptors (Lipinski definition) is 6. The highest BCUT2D eigenvalue weighted by atomic mass is 32.2. The molecule has 4 heterocycles. The normalized spacial score (nSPS) is 27.1. The number of carbonyl (C=O) groups excluding carboxylic acids is 1. The minimum Gasteiger partial charge on any atom is -0.307 e. The molecule has 0 atom stereocenters. The molecule has 5 rings (SSSR count). The third-order valence-corrected chi connectivity index (χ3v) is 8.71. The molecule has 160 valence electrons. The highest BCUT2D eigenvalue weighted by Crippen LogP contribution is 2.55. The summed E-state index contributed by atoms with van der Waals surface area (Å²) in [6.45, 7) is 5.78. The molecule has 6 nitrogen and oxygen atoms in total. The fourth-order valence-electron chi connectivity index (χ4n) is 5.54. The summed E-state index contributed by atoms with van der Waals surface area (Å²) in [5, 5.41) is 4.62. The van der Waals surface area contributed by atoms with Gasteiger partial charge in [0.2, 0.25) is 0 Å². The van der Waals surface area contributed by atoms with Gasteiger partial charge < -0.3 is 4.79 Å². The molecule has 0 amide bonds. The number of hydrogen-bond donors (Lipinski definition) is 0. The molecular weight excluding hydrogens is 407 g/mol.